The second-order valence-corrected chi connectivity index (χ2v) is 7.44. The molecular formula is C21H29N5O. The summed E-state index contributed by atoms with van der Waals surface area (Å²) in [4.78, 5) is 25.9. The number of hydrogen-bond donors (Lipinski definition) is 1. The molecule has 1 fully saturated rings. The molecule has 0 radical (unpaired) electrons. The van der Waals surface area contributed by atoms with Crippen LogP contribution in [0.2, 0.25) is 0 Å². The minimum absolute atomic E-state index is 0.00477. The van der Waals surface area contributed by atoms with Crippen LogP contribution in [0.5, 0.6) is 0 Å². The molecule has 2 heterocycles. The van der Waals surface area contributed by atoms with E-state index in [4.69, 9.17) is 4.98 Å². The number of urea groups is 1. The van der Waals surface area contributed by atoms with Crippen LogP contribution in [0.15, 0.2) is 36.4 Å². The Morgan fingerprint density at radius 1 is 1.04 bits per heavy atom. The van der Waals surface area contributed by atoms with Gasteiger partial charge in [-0.1, -0.05) is 44.2 Å². The van der Waals surface area contributed by atoms with Crippen molar-refractivity contribution in [3.63, 3.8) is 0 Å². The zero-order valence-corrected chi connectivity index (χ0v) is 16.6. The molecule has 1 aromatic carbocycles. The summed E-state index contributed by atoms with van der Waals surface area (Å²) >= 11 is 0. The Hall–Kier alpha value is -2.63. The van der Waals surface area contributed by atoms with Crippen LogP contribution in [0.25, 0.3) is 0 Å². The fourth-order valence-electron chi connectivity index (χ4n) is 3.23. The predicted molar refractivity (Wildman–Crippen MR) is 108 cm³/mol. The third kappa shape index (κ3) is 4.76. The molecule has 6 heteroatoms. The van der Waals surface area contributed by atoms with E-state index in [9.17, 15) is 4.79 Å². The lowest BCUT2D eigenvalue weighted by atomic mass is 10.1. The maximum Gasteiger partial charge on any atom is 0.317 e. The van der Waals surface area contributed by atoms with Gasteiger partial charge in [0, 0.05) is 43.9 Å². The zero-order chi connectivity index (χ0) is 19.4. The molecule has 0 saturated carbocycles. The summed E-state index contributed by atoms with van der Waals surface area (Å²) in [7, 11) is 0. The number of piperazine rings is 1. The number of nitrogens with one attached hydrogen (secondary N) is 1. The fourth-order valence-corrected chi connectivity index (χ4v) is 3.23. The van der Waals surface area contributed by atoms with Crippen LogP contribution >= 0.6 is 0 Å². The van der Waals surface area contributed by atoms with Gasteiger partial charge in [-0.15, -0.1) is 0 Å². The fraction of sp³-hybridized carbons (Fsp3) is 0.476. The van der Waals surface area contributed by atoms with Gasteiger partial charge in [-0.2, -0.15) is 0 Å². The first-order chi connectivity index (χ1) is 12.9. The van der Waals surface area contributed by atoms with E-state index in [2.05, 4.69) is 29.0 Å². The van der Waals surface area contributed by atoms with Gasteiger partial charge in [-0.25, -0.2) is 14.8 Å². The number of carbonyl (C=O) groups excluding carboxylic acids is 1. The minimum atomic E-state index is -0.00672. The molecule has 0 aliphatic carbocycles. The molecule has 1 atom stereocenters. The van der Waals surface area contributed by atoms with E-state index in [1.54, 1.807) is 0 Å². The van der Waals surface area contributed by atoms with Crippen molar-refractivity contribution >= 4 is 11.8 Å². The van der Waals surface area contributed by atoms with Gasteiger partial charge in [-0.05, 0) is 19.4 Å². The third-order valence-electron chi connectivity index (χ3n) is 4.90. The lowest BCUT2D eigenvalue weighted by molar-refractivity contribution is 0.191. The summed E-state index contributed by atoms with van der Waals surface area (Å²) in [6.45, 7) is 11.2. The van der Waals surface area contributed by atoms with Crippen LogP contribution in [-0.4, -0.2) is 47.1 Å². The highest BCUT2D eigenvalue weighted by atomic mass is 16.2. The van der Waals surface area contributed by atoms with Crippen LogP contribution < -0.4 is 10.2 Å². The number of benzene rings is 1. The Labute approximate surface area is 161 Å². The van der Waals surface area contributed by atoms with Crippen LogP contribution in [0, 0.1) is 6.92 Å². The lowest BCUT2D eigenvalue weighted by Gasteiger charge is -2.36. The first kappa shape index (κ1) is 19.1. The highest BCUT2D eigenvalue weighted by Gasteiger charge is 2.23. The number of hydrogen-bond acceptors (Lipinski definition) is 4. The van der Waals surface area contributed by atoms with Crippen molar-refractivity contribution < 1.29 is 4.79 Å². The van der Waals surface area contributed by atoms with Crippen molar-refractivity contribution in [1.82, 2.24) is 20.2 Å². The van der Waals surface area contributed by atoms with E-state index in [0.29, 0.717) is 19.0 Å². The molecule has 1 aliphatic rings. The first-order valence-electron chi connectivity index (χ1n) is 9.65. The number of anilines is 1. The standard InChI is InChI=1S/C21H29N5O/c1-15(2)20-22-16(3)14-19(24-20)25-10-12-26(13-11-25)21(27)23-17(4)18-8-6-5-7-9-18/h5-9,14-15,17H,10-13H2,1-4H3,(H,23,27). The summed E-state index contributed by atoms with van der Waals surface area (Å²) in [5, 5.41) is 3.10. The number of aromatic nitrogens is 2. The second kappa shape index (κ2) is 8.37. The topological polar surface area (TPSA) is 61.4 Å². The maximum absolute atomic E-state index is 12.6. The van der Waals surface area contributed by atoms with Crippen LogP contribution in [0.3, 0.4) is 0 Å². The quantitative estimate of drug-likeness (QED) is 0.898. The molecule has 1 unspecified atom stereocenters. The molecule has 6 nitrogen and oxygen atoms in total. The second-order valence-electron chi connectivity index (χ2n) is 7.44. The lowest BCUT2D eigenvalue weighted by Crippen LogP contribution is -2.52. The van der Waals surface area contributed by atoms with Gasteiger partial charge in [0.2, 0.25) is 0 Å². The Kier molecular flexibility index (Phi) is 5.94. The molecule has 1 aliphatic heterocycles. The van der Waals surface area contributed by atoms with Gasteiger partial charge >= 0.3 is 6.03 Å². The molecule has 1 saturated heterocycles. The molecule has 2 amide bonds. The monoisotopic (exact) mass is 367 g/mol. The summed E-state index contributed by atoms with van der Waals surface area (Å²) in [6, 6.07) is 12.1. The van der Waals surface area contributed by atoms with Crippen LogP contribution in [-0.2, 0) is 0 Å². The maximum atomic E-state index is 12.6. The van der Waals surface area contributed by atoms with Crippen molar-refractivity contribution in [2.45, 2.75) is 39.7 Å². The molecule has 27 heavy (non-hydrogen) atoms. The minimum Gasteiger partial charge on any atom is -0.353 e. The van der Waals surface area contributed by atoms with Crippen molar-refractivity contribution in [3.8, 4) is 0 Å². The number of carbonyl (C=O) groups is 1. The van der Waals surface area contributed by atoms with Crippen LogP contribution in [0.1, 0.15) is 49.8 Å². The molecule has 3 rings (SSSR count). The van der Waals surface area contributed by atoms with E-state index >= 15 is 0 Å². The average molecular weight is 367 g/mol. The Morgan fingerprint density at radius 3 is 2.33 bits per heavy atom. The Bertz CT molecular complexity index is 769. The van der Waals surface area contributed by atoms with Crippen LogP contribution in [0.4, 0.5) is 10.6 Å². The third-order valence-corrected chi connectivity index (χ3v) is 4.90. The van der Waals surface area contributed by atoms with Crippen molar-refractivity contribution in [1.29, 1.82) is 0 Å². The van der Waals surface area contributed by atoms with E-state index in [-0.39, 0.29) is 12.1 Å². The normalized spacial score (nSPS) is 15.7. The van der Waals surface area contributed by atoms with E-state index in [0.717, 1.165) is 36.0 Å². The number of nitrogens with zero attached hydrogens (tertiary/aromatic N) is 4. The van der Waals surface area contributed by atoms with Crippen molar-refractivity contribution in [2.24, 2.45) is 0 Å². The molecular weight excluding hydrogens is 338 g/mol. The molecule has 0 spiro atoms. The first-order valence-corrected chi connectivity index (χ1v) is 9.65. The number of aryl methyl sites for hydroxylation is 1. The number of amides is 2. The zero-order valence-electron chi connectivity index (χ0n) is 16.6. The summed E-state index contributed by atoms with van der Waals surface area (Å²) in [5.41, 5.74) is 2.10. The molecule has 1 N–H and O–H groups in total. The van der Waals surface area contributed by atoms with Gasteiger partial charge in [0.05, 0.1) is 6.04 Å². The largest absolute Gasteiger partial charge is 0.353 e. The van der Waals surface area contributed by atoms with E-state index in [1.165, 1.54) is 0 Å². The van der Waals surface area contributed by atoms with E-state index in [1.807, 2.05) is 55.1 Å². The highest BCUT2D eigenvalue weighted by Crippen LogP contribution is 2.19. The summed E-state index contributed by atoms with van der Waals surface area (Å²) in [6.07, 6.45) is 0. The Balaban J connectivity index is 1.58. The summed E-state index contributed by atoms with van der Waals surface area (Å²) in [5.74, 6) is 2.14. The summed E-state index contributed by atoms with van der Waals surface area (Å²) < 4.78 is 0. The SMILES string of the molecule is Cc1cc(N2CCN(C(=O)NC(C)c3ccccc3)CC2)nc(C(C)C)n1. The van der Waals surface area contributed by atoms with Crippen molar-refractivity contribution in [3.05, 3.63) is 53.5 Å². The molecule has 144 valence electrons. The molecule has 0 bridgehead atoms. The molecule has 2 aromatic rings. The highest BCUT2D eigenvalue weighted by molar-refractivity contribution is 5.75. The predicted octanol–water partition coefficient (Wildman–Crippen LogP) is 3.50. The number of rotatable bonds is 4. The Morgan fingerprint density at radius 2 is 1.70 bits per heavy atom. The van der Waals surface area contributed by atoms with E-state index < -0.39 is 0 Å². The van der Waals surface area contributed by atoms with Gasteiger partial charge in [0.15, 0.2) is 0 Å². The smallest absolute Gasteiger partial charge is 0.317 e. The van der Waals surface area contributed by atoms with Gasteiger partial charge in [-0.3, -0.25) is 0 Å². The van der Waals surface area contributed by atoms with Gasteiger partial charge in [0.25, 0.3) is 0 Å². The van der Waals surface area contributed by atoms with Gasteiger partial charge < -0.3 is 15.1 Å². The molecule has 1 aromatic heterocycles. The van der Waals surface area contributed by atoms with Gasteiger partial charge in [0.1, 0.15) is 11.6 Å². The van der Waals surface area contributed by atoms with Crippen molar-refractivity contribution in [2.75, 3.05) is 31.1 Å². The average Bonchev–Trinajstić information content (AvgIpc) is 2.68.